The number of aliphatic hydroxyl groups excluding tert-OH is 1. The van der Waals surface area contributed by atoms with E-state index in [1.54, 1.807) is 6.07 Å². The molecule has 2 aliphatic carbocycles. The molecule has 2 fully saturated rings. The summed E-state index contributed by atoms with van der Waals surface area (Å²) in [4.78, 5) is 0. The van der Waals surface area contributed by atoms with E-state index in [9.17, 15) is 10.2 Å². The fraction of sp³-hybridized carbons (Fsp3) is 0.667. The van der Waals surface area contributed by atoms with Crippen molar-refractivity contribution >= 4 is 0 Å². The number of rotatable bonds is 3. The summed E-state index contributed by atoms with van der Waals surface area (Å²) in [6, 6.07) is 5.79. The highest BCUT2D eigenvalue weighted by Gasteiger charge is 2.65. The van der Waals surface area contributed by atoms with Crippen LogP contribution in [-0.2, 0) is 6.54 Å². The van der Waals surface area contributed by atoms with Crippen LogP contribution >= 0.6 is 0 Å². The van der Waals surface area contributed by atoms with Crippen LogP contribution in [0.25, 0.3) is 0 Å². The van der Waals surface area contributed by atoms with Crippen LogP contribution in [0.4, 0.5) is 0 Å². The molecule has 1 aromatic carbocycles. The van der Waals surface area contributed by atoms with E-state index >= 15 is 0 Å². The molecular formula is C18H27NO2. The van der Waals surface area contributed by atoms with Gasteiger partial charge >= 0.3 is 0 Å². The van der Waals surface area contributed by atoms with Crippen LogP contribution in [0.2, 0.25) is 0 Å². The molecular weight excluding hydrogens is 262 g/mol. The van der Waals surface area contributed by atoms with Crippen LogP contribution in [0.1, 0.15) is 44.7 Å². The first kappa shape index (κ1) is 14.9. The average molecular weight is 289 g/mol. The predicted molar refractivity (Wildman–Crippen MR) is 84.1 cm³/mol. The number of phenols is 1. The second-order valence-corrected chi connectivity index (χ2v) is 7.77. The molecule has 3 nitrogen and oxygen atoms in total. The Balaban J connectivity index is 1.76. The van der Waals surface area contributed by atoms with Gasteiger partial charge in [-0.1, -0.05) is 38.5 Å². The lowest BCUT2D eigenvalue weighted by atomic mass is 9.70. The van der Waals surface area contributed by atoms with Crippen LogP contribution in [0, 0.1) is 23.7 Å². The lowest BCUT2D eigenvalue weighted by molar-refractivity contribution is -0.000204. The van der Waals surface area contributed by atoms with E-state index in [2.05, 4.69) is 26.1 Å². The first-order valence-electron chi connectivity index (χ1n) is 7.97. The van der Waals surface area contributed by atoms with Crippen molar-refractivity contribution in [1.29, 1.82) is 0 Å². The Bertz CT molecular complexity index is 554. The zero-order valence-corrected chi connectivity index (χ0v) is 13.5. The van der Waals surface area contributed by atoms with Gasteiger partial charge in [0.2, 0.25) is 0 Å². The maximum absolute atomic E-state index is 10.8. The lowest BCUT2D eigenvalue weighted by Gasteiger charge is -2.37. The van der Waals surface area contributed by atoms with Crippen molar-refractivity contribution in [2.24, 2.45) is 16.7 Å². The number of hydrogen-bond donors (Lipinski definition) is 3. The number of aromatic hydroxyl groups is 1. The fourth-order valence-electron chi connectivity index (χ4n) is 4.67. The average Bonchev–Trinajstić information content (AvgIpc) is 2.73. The van der Waals surface area contributed by atoms with Crippen molar-refractivity contribution in [3.8, 4) is 5.75 Å². The molecule has 3 heteroatoms. The molecule has 116 valence electrons. The zero-order valence-electron chi connectivity index (χ0n) is 13.5. The first-order chi connectivity index (χ1) is 9.77. The number of nitrogens with one attached hydrogen (secondary N) is 1. The molecule has 21 heavy (non-hydrogen) atoms. The maximum atomic E-state index is 10.8. The van der Waals surface area contributed by atoms with E-state index in [4.69, 9.17) is 0 Å². The van der Waals surface area contributed by atoms with Crippen molar-refractivity contribution < 1.29 is 10.2 Å². The van der Waals surface area contributed by atoms with E-state index in [0.29, 0.717) is 18.2 Å². The molecule has 0 unspecified atom stereocenters. The molecule has 0 aromatic heterocycles. The lowest BCUT2D eigenvalue weighted by Crippen LogP contribution is -2.46. The highest BCUT2D eigenvalue weighted by Crippen LogP contribution is 2.65. The van der Waals surface area contributed by atoms with Gasteiger partial charge in [-0.15, -0.1) is 0 Å². The highest BCUT2D eigenvalue weighted by molar-refractivity contribution is 5.35. The normalized spacial score (nSPS) is 37.1. The third-order valence-corrected chi connectivity index (χ3v) is 6.56. The third kappa shape index (κ3) is 2.01. The minimum absolute atomic E-state index is 0.00395. The van der Waals surface area contributed by atoms with Gasteiger partial charge in [0.05, 0.1) is 6.10 Å². The molecule has 0 heterocycles. The Morgan fingerprint density at radius 3 is 2.62 bits per heavy atom. The summed E-state index contributed by atoms with van der Waals surface area (Å²) in [6.07, 6.45) is 1.98. The molecule has 3 rings (SSSR count). The van der Waals surface area contributed by atoms with E-state index < -0.39 is 0 Å². The largest absolute Gasteiger partial charge is 0.508 e. The van der Waals surface area contributed by atoms with Gasteiger partial charge in [0, 0.05) is 23.6 Å². The predicted octanol–water partition coefficient (Wildman–Crippen LogP) is 2.98. The second-order valence-electron chi connectivity index (χ2n) is 7.77. The summed E-state index contributed by atoms with van der Waals surface area (Å²) in [5.41, 5.74) is 2.22. The Morgan fingerprint density at radius 2 is 2.00 bits per heavy atom. The van der Waals surface area contributed by atoms with Gasteiger partial charge in [0.1, 0.15) is 5.75 Å². The molecule has 0 saturated heterocycles. The van der Waals surface area contributed by atoms with Crippen molar-refractivity contribution in [3.05, 3.63) is 29.3 Å². The van der Waals surface area contributed by atoms with E-state index in [1.807, 2.05) is 19.1 Å². The molecule has 1 aromatic rings. The van der Waals surface area contributed by atoms with Crippen molar-refractivity contribution in [2.75, 3.05) is 0 Å². The topological polar surface area (TPSA) is 52.5 Å². The highest BCUT2D eigenvalue weighted by atomic mass is 16.3. The quantitative estimate of drug-likeness (QED) is 0.802. The number of aryl methyl sites for hydroxylation is 1. The summed E-state index contributed by atoms with van der Waals surface area (Å²) in [7, 11) is 0. The molecule has 0 aliphatic heterocycles. The number of fused-ring (bicyclic) bond motifs is 2. The van der Waals surface area contributed by atoms with Gasteiger partial charge in [0.25, 0.3) is 0 Å². The smallest absolute Gasteiger partial charge is 0.120 e. The van der Waals surface area contributed by atoms with Crippen LogP contribution in [0.3, 0.4) is 0 Å². The molecule has 0 spiro atoms. The minimum atomic E-state index is -0.307. The van der Waals surface area contributed by atoms with Crippen molar-refractivity contribution in [3.63, 3.8) is 0 Å². The number of aliphatic hydroxyl groups is 1. The number of benzene rings is 1. The first-order valence-corrected chi connectivity index (χ1v) is 7.97. The van der Waals surface area contributed by atoms with Gasteiger partial charge < -0.3 is 15.5 Å². The summed E-state index contributed by atoms with van der Waals surface area (Å²) >= 11 is 0. The third-order valence-electron chi connectivity index (χ3n) is 6.56. The van der Waals surface area contributed by atoms with Crippen LogP contribution < -0.4 is 5.32 Å². The van der Waals surface area contributed by atoms with E-state index in [-0.39, 0.29) is 23.0 Å². The Kier molecular flexibility index (Phi) is 3.34. The Labute approximate surface area is 127 Å². The van der Waals surface area contributed by atoms with E-state index in [0.717, 1.165) is 17.5 Å². The molecule has 4 atom stereocenters. The van der Waals surface area contributed by atoms with Crippen LogP contribution in [0.5, 0.6) is 5.75 Å². The summed E-state index contributed by atoms with van der Waals surface area (Å²) < 4.78 is 0. The summed E-state index contributed by atoms with van der Waals surface area (Å²) in [5, 5.41) is 24.2. The second kappa shape index (κ2) is 4.72. The Hall–Kier alpha value is -1.06. The fourth-order valence-corrected chi connectivity index (χ4v) is 4.67. The molecule has 3 N–H and O–H groups in total. The van der Waals surface area contributed by atoms with Crippen LogP contribution in [-0.4, -0.2) is 22.4 Å². The van der Waals surface area contributed by atoms with Gasteiger partial charge in [-0.2, -0.15) is 0 Å². The van der Waals surface area contributed by atoms with Crippen molar-refractivity contribution in [2.45, 2.75) is 59.2 Å². The maximum Gasteiger partial charge on any atom is 0.120 e. The Morgan fingerprint density at radius 1 is 1.29 bits per heavy atom. The van der Waals surface area contributed by atoms with E-state index in [1.165, 1.54) is 6.42 Å². The molecule has 0 amide bonds. The molecule has 2 aliphatic rings. The number of phenolic OH excluding ortho intramolecular Hbond substituents is 1. The molecule has 2 bridgehead atoms. The van der Waals surface area contributed by atoms with Gasteiger partial charge in [0.15, 0.2) is 0 Å². The minimum Gasteiger partial charge on any atom is -0.508 e. The SMILES string of the molecule is Cc1ccc(O)c(CN[C@@H]2[C@H]3CC[C@@](C)([C@@H]2O)C3(C)C)c1. The zero-order chi connectivity index (χ0) is 15.4. The molecule has 2 saturated carbocycles. The van der Waals surface area contributed by atoms with Gasteiger partial charge in [-0.05, 0) is 37.2 Å². The molecule has 0 radical (unpaired) electrons. The van der Waals surface area contributed by atoms with Gasteiger partial charge in [-0.25, -0.2) is 0 Å². The summed E-state index contributed by atoms with van der Waals surface area (Å²) in [5.74, 6) is 0.834. The monoisotopic (exact) mass is 289 g/mol. The summed E-state index contributed by atoms with van der Waals surface area (Å²) in [6.45, 7) is 9.44. The van der Waals surface area contributed by atoms with Gasteiger partial charge in [-0.3, -0.25) is 0 Å². The van der Waals surface area contributed by atoms with Crippen LogP contribution in [0.15, 0.2) is 18.2 Å². The number of hydrogen-bond acceptors (Lipinski definition) is 3. The van der Waals surface area contributed by atoms with Crippen molar-refractivity contribution in [1.82, 2.24) is 5.32 Å². The standard InChI is InChI=1S/C18H27NO2/c1-11-5-6-14(20)12(9-11)10-19-15-13-7-8-18(4,16(15)21)17(13,2)3/h5-6,9,13,15-16,19-21H,7-8,10H2,1-4H3/t13-,15-,16-,18+/m1/s1.